The highest BCUT2D eigenvalue weighted by Crippen LogP contribution is 2.51. The summed E-state index contributed by atoms with van der Waals surface area (Å²) in [4.78, 5) is 13.4. The van der Waals surface area contributed by atoms with Gasteiger partial charge in [-0.2, -0.15) is 0 Å². The SMILES string of the molecule is COc1cc2c(c(O)c1C(=O)C=Cc1ccc(O)cc1)[C@@H](C[C@@H](O)CCc1ccccc1)C[C@H](c1ccc(O)cc1)O2. The number of rotatable bonds is 10. The molecule has 0 spiro atoms. The Balaban J connectivity index is 1.48. The van der Waals surface area contributed by atoms with E-state index in [9.17, 15) is 25.2 Å². The molecule has 42 heavy (non-hydrogen) atoms. The molecule has 4 aromatic carbocycles. The zero-order valence-electron chi connectivity index (χ0n) is 23.3. The molecule has 216 valence electrons. The Bertz CT molecular complexity index is 1540. The van der Waals surface area contributed by atoms with Gasteiger partial charge in [0, 0.05) is 11.6 Å². The van der Waals surface area contributed by atoms with Crippen LogP contribution in [0.25, 0.3) is 6.08 Å². The highest BCUT2D eigenvalue weighted by molar-refractivity contribution is 6.11. The number of carbonyl (C=O) groups is 1. The van der Waals surface area contributed by atoms with Crippen LogP contribution >= 0.6 is 0 Å². The van der Waals surface area contributed by atoms with E-state index in [4.69, 9.17) is 9.47 Å². The average Bonchev–Trinajstić information content (AvgIpc) is 3.00. The monoisotopic (exact) mass is 566 g/mol. The third kappa shape index (κ3) is 6.58. The van der Waals surface area contributed by atoms with Crippen molar-refractivity contribution >= 4 is 11.9 Å². The number of aryl methyl sites for hydroxylation is 1. The average molecular weight is 567 g/mol. The number of hydrogen-bond donors (Lipinski definition) is 4. The molecular formula is C35H34O7. The summed E-state index contributed by atoms with van der Waals surface area (Å²) in [6, 6.07) is 24.7. The Kier molecular flexibility index (Phi) is 8.79. The molecule has 0 aliphatic carbocycles. The van der Waals surface area contributed by atoms with Crippen molar-refractivity contribution in [1.82, 2.24) is 0 Å². The summed E-state index contributed by atoms with van der Waals surface area (Å²) in [6.45, 7) is 0. The lowest BCUT2D eigenvalue weighted by Gasteiger charge is -2.35. The van der Waals surface area contributed by atoms with Gasteiger partial charge in [-0.25, -0.2) is 0 Å². The highest BCUT2D eigenvalue weighted by Gasteiger charge is 2.36. The van der Waals surface area contributed by atoms with Crippen molar-refractivity contribution in [2.75, 3.05) is 7.11 Å². The Morgan fingerprint density at radius 2 is 1.64 bits per heavy atom. The van der Waals surface area contributed by atoms with Crippen LogP contribution in [0.4, 0.5) is 0 Å². The molecule has 0 bridgehead atoms. The topological polar surface area (TPSA) is 116 Å². The first-order valence-electron chi connectivity index (χ1n) is 13.9. The van der Waals surface area contributed by atoms with Gasteiger partial charge in [0.2, 0.25) is 0 Å². The Morgan fingerprint density at radius 3 is 2.31 bits per heavy atom. The Hall–Kier alpha value is -4.75. The highest BCUT2D eigenvalue weighted by atomic mass is 16.5. The molecule has 0 unspecified atom stereocenters. The van der Waals surface area contributed by atoms with E-state index >= 15 is 0 Å². The van der Waals surface area contributed by atoms with Gasteiger partial charge >= 0.3 is 0 Å². The third-order valence-corrected chi connectivity index (χ3v) is 7.66. The predicted octanol–water partition coefficient (Wildman–Crippen LogP) is 6.70. The fourth-order valence-corrected chi connectivity index (χ4v) is 5.48. The number of methoxy groups -OCH3 is 1. The van der Waals surface area contributed by atoms with E-state index in [1.807, 2.05) is 30.3 Å². The molecule has 0 amide bonds. The van der Waals surface area contributed by atoms with Gasteiger partial charge in [0.25, 0.3) is 0 Å². The number of benzene rings is 4. The first-order chi connectivity index (χ1) is 20.3. The Morgan fingerprint density at radius 1 is 0.976 bits per heavy atom. The molecule has 4 N–H and O–H groups in total. The molecule has 1 aliphatic heterocycles. The smallest absolute Gasteiger partial charge is 0.193 e. The summed E-state index contributed by atoms with van der Waals surface area (Å²) in [6.07, 6.45) is 3.95. The number of aromatic hydroxyl groups is 3. The molecule has 3 atom stereocenters. The first-order valence-corrected chi connectivity index (χ1v) is 13.9. The van der Waals surface area contributed by atoms with Gasteiger partial charge in [-0.1, -0.05) is 60.7 Å². The van der Waals surface area contributed by atoms with Crippen molar-refractivity contribution in [1.29, 1.82) is 0 Å². The molecule has 7 nitrogen and oxygen atoms in total. The van der Waals surface area contributed by atoms with Crippen molar-refractivity contribution in [3.63, 3.8) is 0 Å². The van der Waals surface area contributed by atoms with Crippen LogP contribution in [-0.4, -0.2) is 39.4 Å². The fraction of sp³-hybridized carbons (Fsp3) is 0.229. The summed E-state index contributed by atoms with van der Waals surface area (Å²) in [7, 11) is 1.42. The number of carbonyl (C=O) groups excluding carboxylic acids is 1. The third-order valence-electron chi connectivity index (χ3n) is 7.66. The van der Waals surface area contributed by atoms with Gasteiger partial charge in [0.15, 0.2) is 5.78 Å². The summed E-state index contributed by atoms with van der Waals surface area (Å²) < 4.78 is 11.9. The predicted molar refractivity (Wildman–Crippen MR) is 160 cm³/mol. The van der Waals surface area contributed by atoms with E-state index in [0.717, 1.165) is 11.1 Å². The molecule has 0 saturated heterocycles. The van der Waals surface area contributed by atoms with Crippen LogP contribution in [0.2, 0.25) is 0 Å². The molecule has 5 rings (SSSR count). The summed E-state index contributed by atoms with van der Waals surface area (Å²) in [5.41, 5.74) is 3.16. The lowest BCUT2D eigenvalue weighted by Crippen LogP contribution is -2.23. The lowest BCUT2D eigenvalue weighted by atomic mass is 9.81. The minimum atomic E-state index is -0.656. The van der Waals surface area contributed by atoms with Crippen LogP contribution < -0.4 is 9.47 Å². The van der Waals surface area contributed by atoms with E-state index in [-0.39, 0.29) is 34.5 Å². The summed E-state index contributed by atoms with van der Waals surface area (Å²) in [5.74, 6) is -0.190. The van der Waals surface area contributed by atoms with Crippen LogP contribution in [0, 0.1) is 0 Å². The van der Waals surface area contributed by atoms with E-state index in [1.54, 1.807) is 48.5 Å². The molecule has 0 aromatic heterocycles. The fourth-order valence-electron chi connectivity index (χ4n) is 5.48. The number of ketones is 1. The molecule has 1 heterocycles. The Labute approximate surface area is 244 Å². The number of ether oxygens (including phenoxy) is 2. The number of hydrogen-bond acceptors (Lipinski definition) is 7. The maximum Gasteiger partial charge on any atom is 0.193 e. The number of aliphatic hydroxyl groups is 1. The van der Waals surface area contributed by atoms with E-state index in [0.29, 0.717) is 42.6 Å². The van der Waals surface area contributed by atoms with Crippen LogP contribution in [0.3, 0.4) is 0 Å². The van der Waals surface area contributed by atoms with Gasteiger partial charge in [-0.3, -0.25) is 4.79 Å². The molecule has 4 aromatic rings. The van der Waals surface area contributed by atoms with Crippen molar-refractivity contribution < 1.29 is 34.7 Å². The number of fused-ring (bicyclic) bond motifs is 1. The van der Waals surface area contributed by atoms with E-state index in [1.165, 1.54) is 25.3 Å². The second-order valence-corrected chi connectivity index (χ2v) is 10.5. The van der Waals surface area contributed by atoms with Gasteiger partial charge in [0.05, 0.1) is 13.2 Å². The zero-order valence-corrected chi connectivity index (χ0v) is 23.3. The van der Waals surface area contributed by atoms with Crippen LogP contribution in [-0.2, 0) is 6.42 Å². The zero-order chi connectivity index (χ0) is 29.6. The quantitative estimate of drug-likeness (QED) is 0.125. The lowest BCUT2D eigenvalue weighted by molar-refractivity contribution is 0.103. The van der Waals surface area contributed by atoms with E-state index in [2.05, 4.69) is 0 Å². The minimum Gasteiger partial charge on any atom is -0.508 e. The maximum absolute atomic E-state index is 13.4. The number of phenolic OH excluding ortho intramolecular Hbond substituents is 3. The van der Waals surface area contributed by atoms with Gasteiger partial charge < -0.3 is 29.9 Å². The van der Waals surface area contributed by atoms with Crippen LogP contribution in [0.5, 0.6) is 28.7 Å². The normalized spacial score (nSPS) is 16.9. The van der Waals surface area contributed by atoms with Gasteiger partial charge in [0.1, 0.15) is 40.4 Å². The van der Waals surface area contributed by atoms with Gasteiger partial charge in [-0.05, 0) is 78.6 Å². The van der Waals surface area contributed by atoms with E-state index < -0.39 is 18.0 Å². The largest absolute Gasteiger partial charge is 0.508 e. The van der Waals surface area contributed by atoms with Crippen LogP contribution in [0.1, 0.15) is 63.9 Å². The minimum absolute atomic E-state index is 0.0155. The van der Waals surface area contributed by atoms with Gasteiger partial charge in [-0.15, -0.1) is 0 Å². The number of phenols is 3. The van der Waals surface area contributed by atoms with Crippen molar-refractivity contribution in [2.24, 2.45) is 0 Å². The molecule has 0 fully saturated rings. The molecule has 0 radical (unpaired) electrons. The summed E-state index contributed by atoms with van der Waals surface area (Å²) in [5, 5.41) is 42.0. The molecule has 1 aliphatic rings. The molecule has 7 heteroatoms. The number of aliphatic hydroxyl groups excluding tert-OH is 1. The maximum atomic E-state index is 13.4. The number of allylic oxidation sites excluding steroid dienone is 1. The van der Waals surface area contributed by atoms with Crippen LogP contribution in [0.15, 0.2) is 91.0 Å². The van der Waals surface area contributed by atoms with Crippen molar-refractivity contribution in [3.05, 3.63) is 119 Å². The summed E-state index contributed by atoms with van der Waals surface area (Å²) >= 11 is 0. The molecule has 0 saturated carbocycles. The second kappa shape index (κ2) is 12.8. The standard InChI is InChI=1S/C35H34O7/c1-41-31-21-32-33(35(40)34(31)29(39)18-10-23-7-13-26(36)14-8-23)25(19-28(38)15-9-22-5-3-2-4-6-22)20-30(42-32)24-11-16-27(37)17-12-24/h2-8,10-14,16-18,21,25,28,30,36-38,40H,9,15,19-20H2,1H3/t25-,28-,30+/m0/s1. The van der Waals surface area contributed by atoms with Crippen molar-refractivity contribution in [2.45, 2.75) is 43.8 Å². The first kappa shape index (κ1) is 28.8. The van der Waals surface area contributed by atoms with Crippen molar-refractivity contribution in [3.8, 4) is 28.7 Å². The molecular weight excluding hydrogens is 532 g/mol. The second-order valence-electron chi connectivity index (χ2n) is 10.5.